The van der Waals surface area contributed by atoms with Gasteiger partial charge in [-0.1, -0.05) is 18.6 Å². The van der Waals surface area contributed by atoms with Crippen molar-refractivity contribution < 1.29 is 9.59 Å². The van der Waals surface area contributed by atoms with E-state index in [-0.39, 0.29) is 11.8 Å². The molecule has 1 aliphatic heterocycles. The van der Waals surface area contributed by atoms with Crippen molar-refractivity contribution in [2.75, 3.05) is 11.9 Å². The molecule has 0 spiro atoms. The van der Waals surface area contributed by atoms with Crippen LogP contribution in [0.4, 0.5) is 5.69 Å². The van der Waals surface area contributed by atoms with Crippen molar-refractivity contribution in [1.82, 2.24) is 20.1 Å². The smallest absolute Gasteiger partial charge is 0.252 e. The molecule has 4 rings (SSSR count). The number of aryl methyl sites for hydroxylation is 1. The van der Waals surface area contributed by atoms with Crippen LogP contribution in [-0.4, -0.2) is 33.1 Å². The Hall–Kier alpha value is -3.00. The van der Waals surface area contributed by atoms with E-state index in [1.807, 2.05) is 35.0 Å². The molecular weight excluding hydrogens is 398 g/mol. The lowest BCUT2D eigenvalue weighted by Crippen LogP contribution is -2.25. The van der Waals surface area contributed by atoms with Crippen LogP contribution in [0.5, 0.6) is 0 Å². The fourth-order valence-corrected chi connectivity index (χ4v) is 4.24. The summed E-state index contributed by atoms with van der Waals surface area (Å²) < 4.78 is 2.20. The van der Waals surface area contributed by atoms with Crippen LogP contribution in [0, 0.1) is 0 Å². The number of hydrogen-bond donors (Lipinski definition) is 2. The second kappa shape index (κ2) is 9.67. The van der Waals surface area contributed by atoms with Crippen LogP contribution in [0.2, 0.25) is 0 Å². The minimum atomic E-state index is -0.100. The van der Waals surface area contributed by atoms with Crippen LogP contribution >= 0.6 is 11.3 Å². The Kier molecular flexibility index (Phi) is 6.53. The molecule has 8 heteroatoms. The lowest BCUT2D eigenvalue weighted by atomic mass is 10.1. The van der Waals surface area contributed by atoms with E-state index in [9.17, 15) is 9.59 Å². The molecule has 30 heavy (non-hydrogen) atoms. The number of anilines is 1. The number of nitrogens with one attached hydrogen (secondary N) is 2. The molecule has 0 unspecified atom stereocenters. The summed E-state index contributed by atoms with van der Waals surface area (Å²) in [5, 5.41) is 18.2. The molecule has 0 saturated heterocycles. The summed E-state index contributed by atoms with van der Waals surface area (Å²) >= 11 is 1.49. The quantitative estimate of drug-likeness (QED) is 0.565. The number of benzene rings is 1. The van der Waals surface area contributed by atoms with Crippen LogP contribution in [0.25, 0.3) is 11.4 Å². The minimum absolute atomic E-state index is 0.0722. The van der Waals surface area contributed by atoms with Crippen LogP contribution in [-0.2, 0) is 17.8 Å². The van der Waals surface area contributed by atoms with E-state index in [0.717, 1.165) is 48.7 Å². The Labute approximate surface area is 179 Å². The minimum Gasteiger partial charge on any atom is -0.352 e. The molecule has 2 aromatic heterocycles. The predicted molar refractivity (Wildman–Crippen MR) is 118 cm³/mol. The number of thiophene rings is 1. The number of fused-ring (bicyclic) bond motifs is 1. The van der Waals surface area contributed by atoms with Crippen molar-refractivity contribution in [3.05, 3.63) is 52.5 Å². The molecule has 1 aromatic carbocycles. The number of carbonyl (C=O) groups is 2. The highest BCUT2D eigenvalue weighted by Gasteiger charge is 2.16. The SMILES string of the molecule is O=C(CCCNC(=O)c1ccsc1)Nc1cccc(-c2nnc3n2CCCCC3)c1. The van der Waals surface area contributed by atoms with Gasteiger partial charge in [0.25, 0.3) is 5.91 Å². The lowest BCUT2D eigenvalue weighted by molar-refractivity contribution is -0.116. The van der Waals surface area contributed by atoms with Gasteiger partial charge in [0.15, 0.2) is 5.82 Å². The first-order valence-electron chi connectivity index (χ1n) is 10.3. The summed E-state index contributed by atoms with van der Waals surface area (Å²) in [6.45, 7) is 1.40. The highest BCUT2D eigenvalue weighted by molar-refractivity contribution is 7.08. The van der Waals surface area contributed by atoms with Gasteiger partial charge in [-0.3, -0.25) is 9.59 Å². The average molecular weight is 424 g/mol. The third-order valence-electron chi connectivity index (χ3n) is 5.16. The van der Waals surface area contributed by atoms with Gasteiger partial charge < -0.3 is 15.2 Å². The van der Waals surface area contributed by atoms with Gasteiger partial charge in [0.05, 0.1) is 0 Å². The van der Waals surface area contributed by atoms with E-state index in [1.54, 1.807) is 6.07 Å². The second-order valence-electron chi connectivity index (χ2n) is 7.40. The van der Waals surface area contributed by atoms with Gasteiger partial charge in [-0.25, -0.2) is 0 Å². The monoisotopic (exact) mass is 423 g/mol. The number of hydrogen-bond acceptors (Lipinski definition) is 5. The highest BCUT2D eigenvalue weighted by atomic mass is 32.1. The first kappa shape index (κ1) is 20.3. The second-order valence-corrected chi connectivity index (χ2v) is 8.18. The molecule has 156 valence electrons. The summed E-state index contributed by atoms with van der Waals surface area (Å²) in [7, 11) is 0. The molecule has 2 N–H and O–H groups in total. The van der Waals surface area contributed by atoms with Crippen molar-refractivity contribution in [3.8, 4) is 11.4 Å². The zero-order chi connectivity index (χ0) is 20.8. The van der Waals surface area contributed by atoms with Crippen LogP contribution in [0.15, 0.2) is 41.1 Å². The van der Waals surface area contributed by atoms with Crippen molar-refractivity contribution in [3.63, 3.8) is 0 Å². The summed E-state index contributed by atoms with van der Waals surface area (Å²) in [4.78, 5) is 24.2. The summed E-state index contributed by atoms with van der Waals surface area (Å²) in [6, 6.07) is 9.52. The van der Waals surface area contributed by atoms with Crippen molar-refractivity contribution >= 4 is 28.8 Å². The maximum absolute atomic E-state index is 12.3. The zero-order valence-corrected chi connectivity index (χ0v) is 17.6. The van der Waals surface area contributed by atoms with Crippen molar-refractivity contribution in [1.29, 1.82) is 0 Å². The molecule has 7 nitrogen and oxygen atoms in total. The topological polar surface area (TPSA) is 88.9 Å². The molecular formula is C22H25N5O2S. The molecule has 0 bridgehead atoms. The van der Waals surface area contributed by atoms with Gasteiger partial charge in [-0.15, -0.1) is 10.2 Å². The molecule has 3 aromatic rings. The van der Waals surface area contributed by atoms with Gasteiger partial charge in [0.1, 0.15) is 5.82 Å². The number of amides is 2. The molecule has 0 fully saturated rings. The molecule has 3 heterocycles. The van der Waals surface area contributed by atoms with E-state index in [0.29, 0.717) is 24.9 Å². The van der Waals surface area contributed by atoms with Crippen LogP contribution < -0.4 is 10.6 Å². The summed E-state index contributed by atoms with van der Waals surface area (Å²) in [5.41, 5.74) is 2.36. The Morgan fingerprint density at radius 2 is 2.07 bits per heavy atom. The van der Waals surface area contributed by atoms with Gasteiger partial charge in [-0.05, 0) is 42.8 Å². The number of rotatable bonds is 7. The Bertz CT molecular complexity index is 1010. The molecule has 0 radical (unpaired) electrons. The first-order valence-corrected chi connectivity index (χ1v) is 11.3. The number of carbonyl (C=O) groups excluding carboxylic acids is 2. The molecule has 2 amide bonds. The van der Waals surface area contributed by atoms with E-state index in [2.05, 4.69) is 25.4 Å². The fraction of sp³-hybridized carbons (Fsp3) is 0.364. The Morgan fingerprint density at radius 3 is 2.93 bits per heavy atom. The van der Waals surface area contributed by atoms with Gasteiger partial charge >= 0.3 is 0 Å². The van der Waals surface area contributed by atoms with Gasteiger partial charge in [0.2, 0.25) is 5.91 Å². The van der Waals surface area contributed by atoms with Gasteiger partial charge in [0, 0.05) is 48.1 Å². The molecule has 0 saturated carbocycles. The van der Waals surface area contributed by atoms with Crippen LogP contribution in [0.3, 0.4) is 0 Å². The van der Waals surface area contributed by atoms with Gasteiger partial charge in [-0.2, -0.15) is 11.3 Å². The largest absolute Gasteiger partial charge is 0.352 e. The molecule has 1 aliphatic rings. The summed E-state index contributed by atoms with van der Waals surface area (Å²) in [5.74, 6) is 1.73. The first-order chi connectivity index (χ1) is 14.7. The maximum atomic E-state index is 12.3. The third-order valence-corrected chi connectivity index (χ3v) is 5.85. The number of aromatic nitrogens is 3. The Balaban J connectivity index is 1.30. The predicted octanol–water partition coefficient (Wildman–Crippen LogP) is 3.88. The van der Waals surface area contributed by atoms with Crippen molar-refractivity contribution in [2.45, 2.75) is 45.1 Å². The number of nitrogens with zero attached hydrogens (tertiary/aromatic N) is 3. The fourth-order valence-electron chi connectivity index (χ4n) is 3.60. The Morgan fingerprint density at radius 1 is 1.13 bits per heavy atom. The third kappa shape index (κ3) is 4.94. The van der Waals surface area contributed by atoms with E-state index < -0.39 is 0 Å². The molecule has 0 aliphatic carbocycles. The normalized spacial score (nSPS) is 13.3. The lowest BCUT2D eigenvalue weighted by Gasteiger charge is -2.10. The summed E-state index contributed by atoms with van der Waals surface area (Å²) in [6.07, 6.45) is 5.39. The standard InChI is InChI=1S/C22H25N5O2S/c28-20(9-5-11-23-22(29)17-10-13-30-15-17)24-18-7-4-6-16(14-18)21-26-25-19-8-2-1-3-12-27(19)21/h4,6-7,10,13-15H,1-3,5,8-9,11-12H2,(H,23,29)(H,24,28). The van der Waals surface area contributed by atoms with Crippen LogP contribution in [0.1, 0.15) is 48.3 Å². The van der Waals surface area contributed by atoms with Crippen molar-refractivity contribution in [2.24, 2.45) is 0 Å². The zero-order valence-electron chi connectivity index (χ0n) is 16.8. The maximum Gasteiger partial charge on any atom is 0.252 e. The van der Waals surface area contributed by atoms with E-state index >= 15 is 0 Å². The highest BCUT2D eigenvalue weighted by Crippen LogP contribution is 2.25. The van der Waals surface area contributed by atoms with E-state index in [1.165, 1.54) is 17.8 Å². The van der Waals surface area contributed by atoms with E-state index in [4.69, 9.17) is 0 Å². The average Bonchev–Trinajstić information content (AvgIpc) is 3.37. The molecule has 0 atom stereocenters.